The third-order valence-corrected chi connectivity index (χ3v) is 8.45. The van der Waals surface area contributed by atoms with Crippen molar-refractivity contribution in [2.45, 2.75) is 39.5 Å². The van der Waals surface area contributed by atoms with Crippen LogP contribution in [0.3, 0.4) is 0 Å². The maximum atomic E-state index is 13.8. The van der Waals surface area contributed by atoms with Gasteiger partial charge in [-0.2, -0.15) is 13.2 Å². The second-order valence-corrected chi connectivity index (χ2v) is 11.3. The van der Waals surface area contributed by atoms with Crippen molar-refractivity contribution in [3.05, 3.63) is 81.2 Å². The van der Waals surface area contributed by atoms with Crippen LogP contribution < -0.4 is 20.9 Å². The van der Waals surface area contributed by atoms with Gasteiger partial charge in [-0.1, -0.05) is 0 Å². The molecule has 3 N–H and O–H groups in total. The number of rotatable bonds is 9. The number of H-pyrrole nitrogens is 1. The molecule has 5 heterocycles. The van der Waals surface area contributed by atoms with Crippen LogP contribution in [0.4, 0.5) is 19.0 Å². The SMILES string of the molecule is CNc1cc(-c2ccn3c(C(C)N4CCN(CC(F)(F)F)CC4)c(C)c(C(=O)NCc4c(OC)cc(C)[nH]c4=O)cc23)ccn1. The summed E-state index contributed by atoms with van der Waals surface area (Å²) >= 11 is 0. The molecule has 4 aromatic rings. The van der Waals surface area contributed by atoms with Crippen LogP contribution in [-0.2, 0) is 6.54 Å². The number of carbonyl (C=O) groups is 1. The number of nitrogens with one attached hydrogen (secondary N) is 3. The van der Waals surface area contributed by atoms with Crippen molar-refractivity contribution >= 4 is 17.2 Å². The van der Waals surface area contributed by atoms with Gasteiger partial charge in [0.25, 0.3) is 11.5 Å². The molecule has 240 valence electrons. The third-order valence-electron chi connectivity index (χ3n) is 8.45. The summed E-state index contributed by atoms with van der Waals surface area (Å²) in [5.74, 6) is 0.715. The molecule has 10 nitrogen and oxygen atoms in total. The number of hydrogen-bond acceptors (Lipinski definition) is 7. The van der Waals surface area contributed by atoms with Gasteiger partial charge in [-0.05, 0) is 62.2 Å². The molecule has 13 heteroatoms. The largest absolute Gasteiger partial charge is 0.496 e. The number of hydrogen-bond donors (Lipinski definition) is 3. The van der Waals surface area contributed by atoms with Gasteiger partial charge in [0.15, 0.2) is 0 Å². The number of anilines is 1. The van der Waals surface area contributed by atoms with E-state index in [4.69, 9.17) is 4.74 Å². The zero-order valence-electron chi connectivity index (χ0n) is 26.0. The highest BCUT2D eigenvalue weighted by Gasteiger charge is 2.34. The van der Waals surface area contributed by atoms with Crippen molar-refractivity contribution in [1.29, 1.82) is 0 Å². The Bertz CT molecular complexity index is 1760. The molecule has 1 saturated heterocycles. The average Bonchev–Trinajstić information content (AvgIpc) is 3.42. The summed E-state index contributed by atoms with van der Waals surface area (Å²) in [7, 11) is 3.26. The third kappa shape index (κ3) is 6.84. The molecule has 45 heavy (non-hydrogen) atoms. The number of ether oxygens (including phenoxy) is 1. The predicted molar refractivity (Wildman–Crippen MR) is 167 cm³/mol. The molecule has 1 fully saturated rings. The van der Waals surface area contributed by atoms with Crippen LogP contribution in [0, 0.1) is 13.8 Å². The molecule has 1 amide bonds. The fourth-order valence-corrected chi connectivity index (χ4v) is 6.13. The number of aryl methyl sites for hydroxylation is 1. The van der Waals surface area contributed by atoms with Crippen LogP contribution in [0.2, 0.25) is 0 Å². The molecule has 0 spiro atoms. The second-order valence-electron chi connectivity index (χ2n) is 11.3. The van der Waals surface area contributed by atoms with Gasteiger partial charge in [-0.25, -0.2) is 4.98 Å². The minimum Gasteiger partial charge on any atom is -0.496 e. The summed E-state index contributed by atoms with van der Waals surface area (Å²) in [6, 6.07) is 9.14. The first-order valence-corrected chi connectivity index (χ1v) is 14.8. The van der Waals surface area contributed by atoms with Gasteiger partial charge in [0, 0.05) is 74.2 Å². The predicted octanol–water partition coefficient (Wildman–Crippen LogP) is 4.53. The van der Waals surface area contributed by atoms with Crippen LogP contribution in [0.25, 0.3) is 16.6 Å². The van der Waals surface area contributed by atoms with Crippen LogP contribution in [0.5, 0.6) is 5.75 Å². The number of aromatic nitrogens is 3. The fourth-order valence-electron chi connectivity index (χ4n) is 6.13. The van der Waals surface area contributed by atoms with Crippen LogP contribution in [0.1, 0.15) is 45.8 Å². The zero-order valence-corrected chi connectivity index (χ0v) is 26.0. The lowest BCUT2D eigenvalue weighted by molar-refractivity contribution is -0.149. The lowest BCUT2D eigenvalue weighted by Gasteiger charge is -2.39. The molecule has 0 aliphatic carbocycles. The molecule has 0 radical (unpaired) electrons. The molecule has 1 unspecified atom stereocenters. The quantitative estimate of drug-likeness (QED) is 0.251. The van der Waals surface area contributed by atoms with Crippen molar-refractivity contribution < 1.29 is 22.7 Å². The summed E-state index contributed by atoms with van der Waals surface area (Å²) < 4.78 is 46.5. The number of carbonyl (C=O) groups excluding carboxylic acids is 1. The lowest BCUT2D eigenvalue weighted by atomic mass is 9.99. The van der Waals surface area contributed by atoms with Crippen molar-refractivity contribution in [2.75, 3.05) is 52.2 Å². The molecule has 0 aromatic carbocycles. The van der Waals surface area contributed by atoms with E-state index >= 15 is 0 Å². The Balaban J connectivity index is 1.54. The topological polar surface area (TPSA) is 107 Å². The standard InChI is InChI=1S/C32H38F3N7O3/c1-19-14-27(45-5)25(31(44)39-19)17-38-30(43)24-16-26-23(22-6-8-37-28(15-22)36-4)7-9-42(26)29(20(24)2)21(3)41-12-10-40(11-13-41)18-32(33,34)35/h6-9,14-16,21H,10-13,17-18H2,1-5H3,(H,36,37)(H,38,43)(H,39,44). The molecular weight excluding hydrogens is 587 g/mol. The smallest absolute Gasteiger partial charge is 0.401 e. The van der Waals surface area contributed by atoms with E-state index in [9.17, 15) is 22.8 Å². The summed E-state index contributed by atoms with van der Waals surface area (Å²) in [5.41, 5.74) is 5.23. The van der Waals surface area contributed by atoms with Crippen LogP contribution in [0.15, 0.2) is 47.5 Å². The van der Waals surface area contributed by atoms with Gasteiger partial charge >= 0.3 is 6.18 Å². The van der Waals surface area contributed by atoms with E-state index in [1.165, 1.54) is 12.0 Å². The molecule has 1 atom stereocenters. The van der Waals surface area contributed by atoms with Gasteiger partial charge in [0.1, 0.15) is 11.6 Å². The zero-order chi connectivity index (χ0) is 32.5. The van der Waals surface area contributed by atoms with Crippen molar-refractivity contribution in [3.8, 4) is 16.9 Å². The first kappa shape index (κ1) is 32.0. The maximum Gasteiger partial charge on any atom is 0.401 e. The van der Waals surface area contributed by atoms with Crippen molar-refractivity contribution in [1.82, 2.24) is 29.5 Å². The van der Waals surface area contributed by atoms with Crippen molar-refractivity contribution in [3.63, 3.8) is 0 Å². The highest BCUT2D eigenvalue weighted by Crippen LogP contribution is 2.34. The monoisotopic (exact) mass is 625 g/mol. The number of piperazine rings is 1. The van der Waals surface area contributed by atoms with Crippen molar-refractivity contribution in [2.24, 2.45) is 0 Å². The Morgan fingerprint density at radius 3 is 2.53 bits per heavy atom. The fraction of sp³-hybridized carbons (Fsp3) is 0.406. The molecule has 5 rings (SSSR count). The van der Waals surface area contributed by atoms with Gasteiger partial charge in [0.2, 0.25) is 0 Å². The van der Waals surface area contributed by atoms with E-state index in [0.717, 1.165) is 27.9 Å². The normalized spacial score (nSPS) is 15.3. The first-order chi connectivity index (χ1) is 21.4. The minimum atomic E-state index is -4.24. The van der Waals surface area contributed by atoms with Gasteiger partial charge in [-0.15, -0.1) is 0 Å². The molecule has 1 aliphatic heterocycles. The molecule has 0 bridgehead atoms. The molecule has 0 saturated carbocycles. The summed E-state index contributed by atoms with van der Waals surface area (Å²) in [5, 5.41) is 5.96. The van der Waals surface area contributed by atoms with Crippen LogP contribution >= 0.6 is 0 Å². The van der Waals surface area contributed by atoms with Gasteiger partial charge < -0.3 is 24.8 Å². The number of aromatic amines is 1. The Kier molecular flexibility index (Phi) is 9.21. The van der Waals surface area contributed by atoms with Gasteiger partial charge in [0.05, 0.1) is 31.3 Å². The van der Waals surface area contributed by atoms with E-state index in [0.29, 0.717) is 54.6 Å². The molecule has 1 aliphatic rings. The van der Waals surface area contributed by atoms with Gasteiger partial charge in [-0.3, -0.25) is 19.4 Å². The van der Waals surface area contributed by atoms with E-state index in [1.54, 1.807) is 26.2 Å². The first-order valence-electron chi connectivity index (χ1n) is 14.8. The van der Waals surface area contributed by atoms with E-state index in [1.807, 2.05) is 44.3 Å². The van der Waals surface area contributed by atoms with E-state index in [-0.39, 0.29) is 24.1 Å². The lowest BCUT2D eigenvalue weighted by Crippen LogP contribution is -2.49. The summed E-state index contributed by atoms with van der Waals surface area (Å²) in [6.45, 7) is 6.17. The Morgan fingerprint density at radius 1 is 1.13 bits per heavy atom. The number of alkyl halides is 3. The number of methoxy groups -OCH3 is 1. The Labute approximate surface area is 259 Å². The molecule has 4 aromatic heterocycles. The van der Waals surface area contributed by atoms with Crippen LogP contribution in [-0.4, -0.2) is 83.1 Å². The summed E-state index contributed by atoms with van der Waals surface area (Å²) in [4.78, 5) is 37.2. The summed E-state index contributed by atoms with van der Waals surface area (Å²) in [6.07, 6.45) is -0.572. The second kappa shape index (κ2) is 12.9. The Morgan fingerprint density at radius 2 is 1.87 bits per heavy atom. The van der Waals surface area contributed by atoms with E-state index < -0.39 is 12.7 Å². The Hall–Kier alpha value is -4.36. The number of nitrogens with zero attached hydrogens (tertiary/aromatic N) is 4. The maximum absolute atomic E-state index is 13.8. The highest BCUT2D eigenvalue weighted by molar-refractivity contribution is 5.98. The molecular formula is C32H38F3N7O3. The van der Waals surface area contributed by atoms with E-state index in [2.05, 4.69) is 29.9 Å². The highest BCUT2D eigenvalue weighted by atomic mass is 19.4. The minimum absolute atomic E-state index is 0.0436. The average molecular weight is 626 g/mol. The number of halogens is 3. The number of pyridine rings is 3. The number of fused-ring (bicyclic) bond motifs is 1. The number of amides is 1.